The Morgan fingerprint density at radius 2 is 1.85 bits per heavy atom. The van der Waals surface area contributed by atoms with Crippen molar-refractivity contribution in [2.24, 2.45) is 0 Å². The molecule has 2 aromatic heterocycles. The third-order valence-corrected chi connectivity index (χ3v) is 3.28. The Kier molecular flexibility index (Phi) is 3.06. The summed E-state index contributed by atoms with van der Waals surface area (Å²) < 4.78 is 12.7. The Balaban J connectivity index is 2.18. The minimum atomic E-state index is 0.783. The topological polar surface area (TPSA) is 35.8 Å². The molecule has 0 saturated heterocycles. The molecule has 0 unspecified atom stereocenters. The number of rotatable bonds is 3. The molecule has 0 atom stereocenters. The van der Waals surface area contributed by atoms with Crippen LogP contribution >= 0.6 is 0 Å². The van der Waals surface area contributed by atoms with E-state index in [-0.39, 0.29) is 0 Å². The van der Waals surface area contributed by atoms with Gasteiger partial charge in [0.1, 0.15) is 17.1 Å². The first-order valence-electron chi connectivity index (χ1n) is 6.39. The van der Waals surface area contributed by atoms with Crippen LogP contribution in [-0.2, 0) is 0 Å². The number of hydrogen-bond donors (Lipinski definition) is 0. The molecule has 0 saturated carbocycles. The number of imidazole rings is 1. The molecule has 0 spiro atoms. The average Bonchev–Trinajstić information content (AvgIpc) is 2.89. The third kappa shape index (κ3) is 2.09. The largest absolute Gasteiger partial charge is 0.497 e. The van der Waals surface area contributed by atoms with Crippen LogP contribution in [-0.4, -0.2) is 23.6 Å². The molecule has 20 heavy (non-hydrogen) atoms. The van der Waals surface area contributed by atoms with E-state index in [0.29, 0.717) is 0 Å². The molecule has 2 heterocycles. The molecule has 0 aliphatic rings. The number of benzene rings is 1. The fourth-order valence-corrected chi connectivity index (χ4v) is 2.25. The molecule has 0 N–H and O–H groups in total. The number of methoxy groups -OCH3 is 2. The molecule has 0 aliphatic carbocycles. The number of nitrogens with zero attached hydrogens (tertiary/aromatic N) is 2. The second-order valence-corrected chi connectivity index (χ2v) is 4.66. The summed E-state index contributed by atoms with van der Waals surface area (Å²) in [7, 11) is 3.31. The van der Waals surface area contributed by atoms with Crippen molar-refractivity contribution in [2.75, 3.05) is 14.2 Å². The molecule has 0 radical (unpaired) electrons. The van der Waals surface area contributed by atoms with Crippen molar-refractivity contribution in [3.63, 3.8) is 0 Å². The van der Waals surface area contributed by atoms with Crippen molar-refractivity contribution < 1.29 is 9.47 Å². The van der Waals surface area contributed by atoms with Gasteiger partial charge in [0.05, 0.1) is 19.9 Å². The van der Waals surface area contributed by atoms with Crippen molar-refractivity contribution in [1.82, 2.24) is 9.38 Å². The lowest BCUT2D eigenvalue weighted by molar-refractivity contribution is 0.404. The Morgan fingerprint density at radius 3 is 2.60 bits per heavy atom. The highest BCUT2D eigenvalue weighted by atomic mass is 16.5. The van der Waals surface area contributed by atoms with E-state index in [1.54, 1.807) is 14.2 Å². The molecule has 3 rings (SSSR count). The van der Waals surface area contributed by atoms with E-state index in [9.17, 15) is 0 Å². The molecule has 0 bridgehead atoms. The van der Waals surface area contributed by atoms with Crippen molar-refractivity contribution in [3.8, 4) is 22.8 Å². The van der Waals surface area contributed by atoms with Gasteiger partial charge in [0.15, 0.2) is 0 Å². The Morgan fingerprint density at radius 1 is 1.00 bits per heavy atom. The van der Waals surface area contributed by atoms with E-state index in [0.717, 1.165) is 28.4 Å². The van der Waals surface area contributed by atoms with Gasteiger partial charge in [-0.15, -0.1) is 0 Å². The predicted octanol–water partition coefficient (Wildman–Crippen LogP) is 3.33. The summed E-state index contributed by atoms with van der Waals surface area (Å²) in [6.45, 7) is 2.06. The Bertz CT molecular complexity index is 762. The van der Waals surface area contributed by atoms with Crippen molar-refractivity contribution in [2.45, 2.75) is 6.92 Å². The molecule has 0 fully saturated rings. The van der Waals surface area contributed by atoms with Crippen LogP contribution in [0.1, 0.15) is 5.56 Å². The fourth-order valence-electron chi connectivity index (χ4n) is 2.25. The van der Waals surface area contributed by atoms with Crippen LogP contribution in [0.3, 0.4) is 0 Å². The van der Waals surface area contributed by atoms with Gasteiger partial charge in [0.25, 0.3) is 0 Å². The highest BCUT2D eigenvalue weighted by molar-refractivity contribution is 5.71. The van der Waals surface area contributed by atoms with E-state index >= 15 is 0 Å². The molecular weight excluding hydrogens is 252 g/mol. The van der Waals surface area contributed by atoms with Crippen LogP contribution in [0, 0.1) is 6.92 Å². The molecule has 0 aliphatic heterocycles. The smallest absolute Gasteiger partial charge is 0.137 e. The maximum Gasteiger partial charge on any atom is 0.137 e. The summed E-state index contributed by atoms with van der Waals surface area (Å²) in [5.41, 5.74) is 3.90. The average molecular weight is 268 g/mol. The fraction of sp³-hybridized carbons (Fsp3) is 0.188. The number of hydrogen-bond acceptors (Lipinski definition) is 3. The summed E-state index contributed by atoms with van der Waals surface area (Å²) in [4.78, 5) is 4.64. The predicted molar refractivity (Wildman–Crippen MR) is 78.5 cm³/mol. The van der Waals surface area contributed by atoms with Gasteiger partial charge in [-0.2, -0.15) is 0 Å². The Labute approximate surface area is 117 Å². The van der Waals surface area contributed by atoms with Gasteiger partial charge in [0.2, 0.25) is 0 Å². The quantitative estimate of drug-likeness (QED) is 0.731. The van der Waals surface area contributed by atoms with Gasteiger partial charge in [0, 0.05) is 18.0 Å². The second-order valence-electron chi connectivity index (χ2n) is 4.66. The zero-order chi connectivity index (χ0) is 14.1. The molecule has 4 heteroatoms. The molecular formula is C16H16N2O2. The van der Waals surface area contributed by atoms with Crippen LogP contribution in [0.15, 0.2) is 42.7 Å². The summed E-state index contributed by atoms with van der Waals surface area (Å²) in [6, 6.07) is 9.76. The molecule has 1 aromatic carbocycles. The lowest BCUT2D eigenvalue weighted by Gasteiger charge is -2.08. The van der Waals surface area contributed by atoms with Crippen molar-refractivity contribution in [3.05, 3.63) is 48.3 Å². The van der Waals surface area contributed by atoms with Gasteiger partial charge >= 0.3 is 0 Å². The highest BCUT2D eigenvalue weighted by Gasteiger charge is 2.11. The number of pyridine rings is 1. The van der Waals surface area contributed by atoms with Crippen LogP contribution in [0.4, 0.5) is 0 Å². The second kappa shape index (κ2) is 4.89. The zero-order valence-corrected chi connectivity index (χ0v) is 11.8. The maximum absolute atomic E-state index is 5.41. The van der Waals surface area contributed by atoms with Crippen molar-refractivity contribution in [1.29, 1.82) is 0 Å². The van der Waals surface area contributed by atoms with Gasteiger partial charge < -0.3 is 13.9 Å². The van der Waals surface area contributed by atoms with Crippen LogP contribution in [0.5, 0.6) is 11.5 Å². The minimum absolute atomic E-state index is 0.783. The van der Waals surface area contributed by atoms with Crippen LogP contribution < -0.4 is 9.47 Å². The van der Waals surface area contributed by atoms with Gasteiger partial charge in [-0.3, -0.25) is 0 Å². The van der Waals surface area contributed by atoms with Crippen molar-refractivity contribution >= 4 is 5.65 Å². The Hall–Kier alpha value is -2.49. The zero-order valence-electron chi connectivity index (χ0n) is 11.8. The van der Waals surface area contributed by atoms with Gasteiger partial charge in [-0.1, -0.05) is 6.07 Å². The lowest BCUT2D eigenvalue weighted by atomic mass is 10.1. The number of fused-ring (bicyclic) bond motifs is 1. The molecule has 0 amide bonds. The minimum Gasteiger partial charge on any atom is -0.497 e. The van der Waals surface area contributed by atoms with Gasteiger partial charge in [-0.05, 0) is 36.8 Å². The van der Waals surface area contributed by atoms with E-state index in [2.05, 4.69) is 24.2 Å². The maximum atomic E-state index is 5.41. The summed E-state index contributed by atoms with van der Waals surface area (Å²) in [5.74, 6) is 1.57. The monoisotopic (exact) mass is 268 g/mol. The van der Waals surface area contributed by atoms with E-state index in [1.807, 2.05) is 34.9 Å². The molecule has 3 aromatic rings. The van der Waals surface area contributed by atoms with E-state index in [1.165, 1.54) is 5.56 Å². The first-order chi connectivity index (χ1) is 9.71. The lowest BCUT2D eigenvalue weighted by Crippen LogP contribution is -1.90. The van der Waals surface area contributed by atoms with Gasteiger partial charge in [-0.25, -0.2) is 4.98 Å². The summed E-state index contributed by atoms with van der Waals surface area (Å²) >= 11 is 0. The number of aryl methyl sites for hydroxylation is 1. The summed E-state index contributed by atoms with van der Waals surface area (Å²) in [5, 5.41) is 0. The van der Waals surface area contributed by atoms with Crippen LogP contribution in [0.2, 0.25) is 0 Å². The summed E-state index contributed by atoms with van der Waals surface area (Å²) in [6.07, 6.45) is 4.05. The number of aromatic nitrogens is 2. The highest BCUT2D eigenvalue weighted by Crippen LogP contribution is 2.32. The SMILES string of the molecule is COc1ccc(OC)c(-c2cn3cc(C)ccc3n2)c1. The number of ether oxygens (including phenoxy) is 2. The third-order valence-electron chi connectivity index (χ3n) is 3.28. The standard InChI is InChI=1S/C16H16N2O2/c1-11-4-7-16-17-14(10-18(16)9-11)13-8-12(19-2)5-6-15(13)20-3/h4-10H,1-3H3. The first-order valence-corrected chi connectivity index (χ1v) is 6.39. The van der Waals surface area contributed by atoms with Crippen LogP contribution in [0.25, 0.3) is 16.9 Å². The van der Waals surface area contributed by atoms with E-state index < -0.39 is 0 Å². The normalized spacial score (nSPS) is 10.8. The molecule has 102 valence electrons. The first kappa shape index (κ1) is 12.5. The van der Waals surface area contributed by atoms with E-state index in [4.69, 9.17) is 9.47 Å². The molecule has 4 nitrogen and oxygen atoms in total.